The Morgan fingerprint density at radius 2 is 2.05 bits per heavy atom. The van der Waals surface area contributed by atoms with Gasteiger partial charge in [-0.25, -0.2) is 0 Å². The molecule has 0 aromatic heterocycles. The van der Waals surface area contributed by atoms with Crippen molar-refractivity contribution < 1.29 is 19.4 Å². The van der Waals surface area contributed by atoms with Gasteiger partial charge in [0.1, 0.15) is 6.04 Å². The number of hydrogen-bond acceptors (Lipinski definition) is 4. The Morgan fingerprint density at radius 3 is 2.53 bits per heavy atom. The number of nitrogens with two attached hydrogens (primary N) is 1. The van der Waals surface area contributed by atoms with Gasteiger partial charge in [0.05, 0.1) is 13.2 Å². The molecule has 1 atom stereocenters. The summed E-state index contributed by atoms with van der Waals surface area (Å²) in [5.74, 6) is -0.0432. The Balaban J connectivity index is 3.05. The van der Waals surface area contributed by atoms with Crippen LogP contribution in [0, 0.1) is 0 Å². The summed E-state index contributed by atoms with van der Waals surface area (Å²) in [6, 6.07) is 2.27. The molecule has 0 aliphatic rings. The van der Waals surface area contributed by atoms with Crippen molar-refractivity contribution >= 4 is 17.6 Å². The van der Waals surface area contributed by atoms with E-state index in [4.69, 9.17) is 31.9 Å². The molecular weight excluding hydrogens is 270 g/mol. The number of carbonyl (C=O) groups is 1. The summed E-state index contributed by atoms with van der Waals surface area (Å²) in [6.07, 6.45) is 0.115. The van der Waals surface area contributed by atoms with Crippen LogP contribution in [0.15, 0.2) is 12.1 Å². The molecule has 0 heterocycles. The maximum absolute atomic E-state index is 10.8. The standard InChI is InChI=1S/C13H18ClNO4/c1-7(2)19-12-6-9(14)8(5-11(12)18-3)4-10(15)13(16)17/h5-7,10H,4,15H2,1-3H3,(H,16,17). The number of aliphatic carboxylic acids is 1. The summed E-state index contributed by atoms with van der Waals surface area (Å²) >= 11 is 6.11. The Kier molecular flexibility index (Phi) is 5.44. The van der Waals surface area contributed by atoms with Crippen molar-refractivity contribution in [2.45, 2.75) is 32.4 Å². The summed E-state index contributed by atoms with van der Waals surface area (Å²) in [6.45, 7) is 3.78. The lowest BCUT2D eigenvalue weighted by Gasteiger charge is -2.16. The van der Waals surface area contributed by atoms with Crippen molar-refractivity contribution in [3.8, 4) is 11.5 Å². The summed E-state index contributed by atoms with van der Waals surface area (Å²) in [5.41, 5.74) is 6.11. The zero-order valence-corrected chi connectivity index (χ0v) is 11.9. The molecular formula is C13H18ClNO4. The largest absolute Gasteiger partial charge is 0.493 e. The van der Waals surface area contributed by atoms with Crippen molar-refractivity contribution in [2.75, 3.05) is 7.11 Å². The highest BCUT2D eigenvalue weighted by Crippen LogP contribution is 2.34. The Hall–Kier alpha value is -1.46. The number of halogens is 1. The third-order valence-corrected chi connectivity index (χ3v) is 2.80. The van der Waals surface area contributed by atoms with Crippen LogP contribution in [-0.4, -0.2) is 30.3 Å². The molecule has 0 saturated heterocycles. The molecule has 0 saturated carbocycles. The van der Waals surface area contributed by atoms with E-state index >= 15 is 0 Å². The van der Waals surface area contributed by atoms with E-state index in [-0.39, 0.29) is 12.5 Å². The highest BCUT2D eigenvalue weighted by atomic mass is 35.5. The van der Waals surface area contributed by atoms with Gasteiger partial charge in [0.2, 0.25) is 0 Å². The van der Waals surface area contributed by atoms with Crippen LogP contribution >= 0.6 is 11.6 Å². The first-order valence-corrected chi connectivity index (χ1v) is 6.24. The van der Waals surface area contributed by atoms with E-state index in [1.54, 1.807) is 12.1 Å². The topological polar surface area (TPSA) is 81.8 Å². The van der Waals surface area contributed by atoms with E-state index < -0.39 is 12.0 Å². The SMILES string of the molecule is COc1cc(CC(N)C(=O)O)c(Cl)cc1OC(C)C. The van der Waals surface area contributed by atoms with Crippen LogP contribution in [0.2, 0.25) is 5.02 Å². The fraction of sp³-hybridized carbons (Fsp3) is 0.462. The summed E-state index contributed by atoms with van der Waals surface area (Å²) in [4.78, 5) is 10.8. The normalized spacial score (nSPS) is 12.3. The predicted molar refractivity (Wildman–Crippen MR) is 73.1 cm³/mol. The van der Waals surface area contributed by atoms with Crippen molar-refractivity contribution in [1.82, 2.24) is 0 Å². The minimum absolute atomic E-state index is 0.0166. The second kappa shape index (κ2) is 6.63. The molecule has 0 bridgehead atoms. The summed E-state index contributed by atoms with van der Waals surface area (Å²) in [5, 5.41) is 9.22. The third kappa shape index (κ3) is 4.29. The lowest BCUT2D eigenvalue weighted by Crippen LogP contribution is -2.32. The molecule has 0 aliphatic heterocycles. The van der Waals surface area contributed by atoms with Gasteiger partial charge >= 0.3 is 5.97 Å². The van der Waals surface area contributed by atoms with E-state index in [2.05, 4.69) is 0 Å². The molecule has 0 spiro atoms. The molecule has 0 amide bonds. The Morgan fingerprint density at radius 1 is 1.42 bits per heavy atom. The molecule has 1 rings (SSSR count). The molecule has 19 heavy (non-hydrogen) atoms. The van der Waals surface area contributed by atoms with Gasteiger partial charge in [-0.3, -0.25) is 4.79 Å². The summed E-state index contributed by atoms with van der Waals surface area (Å²) in [7, 11) is 1.51. The fourth-order valence-corrected chi connectivity index (χ4v) is 1.79. The minimum Gasteiger partial charge on any atom is -0.493 e. The number of rotatable bonds is 6. The molecule has 106 valence electrons. The van der Waals surface area contributed by atoms with Gasteiger partial charge in [-0.2, -0.15) is 0 Å². The van der Waals surface area contributed by atoms with Crippen molar-refractivity contribution in [2.24, 2.45) is 5.73 Å². The zero-order valence-electron chi connectivity index (χ0n) is 11.1. The number of methoxy groups -OCH3 is 1. The molecule has 1 aromatic rings. The van der Waals surface area contributed by atoms with Gasteiger partial charge in [0, 0.05) is 11.1 Å². The van der Waals surface area contributed by atoms with Gasteiger partial charge in [-0.1, -0.05) is 11.6 Å². The van der Waals surface area contributed by atoms with Crippen LogP contribution in [0.3, 0.4) is 0 Å². The van der Waals surface area contributed by atoms with Gasteiger partial charge in [-0.15, -0.1) is 0 Å². The number of hydrogen-bond donors (Lipinski definition) is 2. The van der Waals surface area contributed by atoms with Gasteiger partial charge in [0.15, 0.2) is 11.5 Å². The second-order valence-electron chi connectivity index (χ2n) is 4.41. The number of benzene rings is 1. The first kappa shape index (κ1) is 15.6. The molecule has 0 aliphatic carbocycles. The van der Waals surface area contributed by atoms with E-state index in [0.29, 0.717) is 22.1 Å². The van der Waals surface area contributed by atoms with Gasteiger partial charge in [0.25, 0.3) is 0 Å². The van der Waals surface area contributed by atoms with Crippen LogP contribution in [0.1, 0.15) is 19.4 Å². The Labute approximate surface area is 117 Å². The van der Waals surface area contributed by atoms with Gasteiger partial charge in [-0.05, 0) is 31.9 Å². The lowest BCUT2D eigenvalue weighted by molar-refractivity contribution is -0.138. The lowest BCUT2D eigenvalue weighted by atomic mass is 10.1. The third-order valence-electron chi connectivity index (χ3n) is 2.45. The highest BCUT2D eigenvalue weighted by Gasteiger charge is 2.17. The summed E-state index contributed by atoms with van der Waals surface area (Å²) < 4.78 is 10.8. The second-order valence-corrected chi connectivity index (χ2v) is 4.82. The maximum atomic E-state index is 10.8. The van der Waals surface area contributed by atoms with Crippen molar-refractivity contribution in [3.05, 3.63) is 22.7 Å². The van der Waals surface area contributed by atoms with E-state index in [0.717, 1.165) is 0 Å². The molecule has 3 N–H and O–H groups in total. The molecule has 6 heteroatoms. The van der Waals surface area contributed by atoms with Crippen LogP contribution in [0.5, 0.6) is 11.5 Å². The minimum atomic E-state index is -1.07. The smallest absolute Gasteiger partial charge is 0.320 e. The molecule has 1 unspecified atom stereocenters. The van der Waals surface area contributed by atoms with Crippen LogP contribution in [0.4, 0.5) is 0 Å². The van der Waals surface area contributed by atoms with Crippen molar-refractivity contribution in [1.29, 1.82) is 0 Å². The maximum Gasteiger partial charge on any atom is 0.320 e. The first-order valence-electron chi connectivity index (χ1n) is 5.86. The molecule has 1 aromatic carbocycles. The Bertz CT molecular complexity index is 462. The number of ether oxygens (including phenoxy) is 2. The first-order chi connectivity index (χ1) is 8.85. The zero-order chi connectivity index (χ0) is 14.6. The van der Waals surface area contributed by atoms with Gasteiger partial charge < -0.3 is 20.3 Å². The average Bonchev–Trinajstić information content (AvgIpc) is 2.31. The average molecular weight is 288 g/mol. The monoisotopic (exact) mass is 287 g/mol. The molecule has 5 nitrogen and oxygen atoms in total. The molecule has 0 radical (unpaired) electrons. The van der Waals surface area contributed by atoms with Crippen LogP contribution in [0.25, 0.3) is 0 Å². The quantitative estimate of drug-likeness (QED) is 0.837. The predicted octanol–water partition coefficient (Wildman–Crippen LogP) is 2.09. The van der Waals surface area contributed by atoms with Crippen LogP contribution in [-0.2, 0) is 11.2 Å². The van der Waals surface area contributed by atoms with Crippen LogP contribution < -0.4 is 15.2 Å². The van der Waals surface area contributed by atoms with E-state index in [1.807, 2.05) is 13.8 Å². The fourth-order valence-electron chi connectivity index (χ4n) is 1.56. The van der Waals surface area contributed by atoms with E-state index in [9.17, 15) is 4.79 Å². The van der Waals surface area contributed by atoms with E-state index in [1.165, 1.54) is 7.11 Å². The van der Waals surface area contributed by atoms with Crippen molar-refractivity contribution in [3.63, 3.8) is 0 Å². The number of carboxylic acid groups (broad SMARTS) is 1. The molecule has 0 fully saturated rings. The number of carboxylic acids is 1. The highest BCUT2D eigenvalue weighted by molar-refractivity contribution is 6.31.